The average Bonchev–Trinajstić information content (AvgIpc) is 3.03. The molecule has 0 amide bonds. The molecule has 0 bridgehead atoms. The maximum atomic E-state index is 8.65. The number of benzene rings is 2. The van der Waals surface area contributed by atoms with Crippen LogP contribution in [0.1, 0.15) is 0 Å². The van der Waals surface area contributed by atoms with Crippen LogP contribution < -0.4 is 5.46 Å². The summed E-state index contributed by atoms with van der Waals surface area (Å²) >= 11 is 8.28. The molecular weight excluding hydrogens is 429 g/mol. The summed E-state index contributed by atoms with van der Waals surface area (Å²) in [6.45, 7) is 0. The Balaban J connectivity index is 0.000000164. The van der Waals surface area contributed by atoms with E-state index in [4.69, 9.17) is 10.0 Å². The van der Waals surface area contributed by atoms with Gasteiger partial charge in [-0.25, -0.2) is 4.98 Å². The molecular formula is C15H12BBr2NO2S. The van der Waals surface area contributed by atoms with Crippen molar-refractivity contribution in [3.63, 3.8) is 0 Å². The van der Waals surface area contributed by atoms with E-state index in [1.165, 1.54) is 5.56 Å². The Morgan fingerprint density at radius 2 is 1.41 bits per heavy atom. The van der Waals surface area contributed by atoms with E-state index in [0.29, 0.717) is 5.46 Å². The third-order valence-electron chi connectivity index (χ3n) is 2.69. The molecule has 112 valence electrons. The van der Waals surface area contributed by atoms with Crippen molar-refractivity contribution in [2.45, 2.75) is 0 Å². The highest BCUT2D eigenvalue weighted by molar-refractivity contribution is 9.10. The Morgan fingerprint density at radius 1 is 0.864 bits per heavy atom. The molecule has 2 aromatic carbocycles. The molecule has 0 aliphatic carbocycles. The Labute approximate surface area is 150 Å². The second kappa shape index (κ2) is 8.60. The highest BCUT2D eigenvalue weighted by Crippen LogP contribution is 2.23. The second-order valence-electron chi connectivity index (χ2n) is 4.27. The Morgan fingerprint density at radius 3 is 1.86 bits per heavy atom. The monoisotopic (exact) mass is 439 g/mol. The van der Waals surface area contributed by atoms with Gasteiger partial charge in [0, 0.05) is 26.1 Å². The van der Waals surface area contributed by atoms with E-state index < -0.39 is 7.12 Å². The first-order valence-corrected chi connectivity index (χ1v) is 8.80. The van der Waals surface area contributed by atoms with Crippen LogP contribution in [0, 0.1) is 0 Å². The molecule has 0 saturated heterocycles. The molecule has 0 fully saturated rings. The van der Waals surface area contributed by atoms with Crippen LogP contribution in [0.4, 0.5) is 0 Å². The fraction of sp³-hybridized carbons (Fsp3) is 0. The Hall–Kier alpha value is -0.985. The van der Waals surface area contributed by atoms with Crippen LogP contribution in [-0.2, 0) is 0 Å². The summed E-state index contributed by atoms with van der Waals surface area (Å²) in [5, 5.41) is 20.4. The lowest BCUT2D eigenvalue weighted by atomic mass is 9.81. The largest absolute Gasteiger partial charge is 0.488 e. The van der Waals surface area contributed by atoms with E-state index in [-0.39, 0.29) is 0 Å². The van der Waals surface area contributed by atoms with E-state index >= 15 is 0 Å². The van der Waals surface area contributed by atoms with Gasteiger partial charge >= 0.3 is 7.12 Å². The molecule has 0 aliphatic heterocycles. The molecule has 1 aromatic heterocycles. The predicted octanol–water partition coefficient (Wildman–Crippen LogP) is 3.70. The van der Waals surface area contributed by atoms with Crippen molar-refractivity contribution in [1.29, 1.82) is 0 Å². The SMILES string of the molecule is Brc1ccc(-c2nccs2)cc1.OB(O)c1ccc(Br)cc1. The molecule has 3 nitrogen and oxygen atoms in total. The molecule has 0 aliphatic rings. The number of thiazole rings is 1. The molecule has 0 unspecified atom stereocenters. The van der Waals surface area contributed by atoms with E-state index in [0.717, 1.165) is 14.0 Å². The van der Waals surface area contributed by atoms with E-state index in [1.807, 2.05) is 23.7 Å². The zero-order chi connectivity index (χ0) is 15.9. The average molecular weight is 441 g/mol. The van der Waals surface area contributed by atoms with Gasteiger partial charge in [-0.1, -0.05) is 56.1 Å². The summed E-state index contributed by atoms with van der Waals surface area (Å²) in [5.41, 5.74) is 1.68. The maximum absolute atomic E-state index is 8.65. The van der Waals surface area contributed by atoms with Gasteiger partial charge in [0.15, 0.2) is 0 Å². The van der Waals surface area contributed by atoms with Crippen LogP contribution in [0.3, 0.4) is 0 Å². The lowest BCUT2D eigenvalue weighted by molar-refractivity contribution is 0.426. The van der Waals surface area contributed by atoms with E-state index in [9.17, 15) is 0 Å². The zero-order valence-electron chi connectivity index (χ0n) is 11.4. The lowest BCUT2D eigenvalue weighted by Crippen LogP contribution is -2.29. The van der Waals surface area contributed by atoms with Gasteiger partial charge < -0.3 is 10.0 Å². The third kappa shape index (κ3) is 5.33. The van der Waals surface area contributed by atoms with Crippen molar-refractivity contribution in [1.82, 2.24) is 4.98 Å². The number of halogens is 2. The molecule has 0 radical (unpaired) electrons. The molecule has 2 N–H and O–H groups in total. The Kier molecular flexibility index (Phi) is 6.79. The fourth-order valence-electron chi connectivity index (χ4n) is 1.59. The van der Waals surface area contributed by atoms with Crippen molar-refractivity contribution in [2.75, 3.05) is 0 Å². The summed E-state index contributed by atoms with van der Waals surface area (Å²) in [7, 11) is -1.37. The minimum absolute atomic E-state index is 0.503. The van der Waals surface area contributed by atoms with Gasteiger partial charge in [-0.05, 0) is 29.7 Å². The molecule has 0 atom stereocenters. The molecule has 1 heterocycles. The summed E-state index contributed by atoms with van der Waals surface area (Å²) in [4.78, 5) is 4.22. The normalized spacial score (nSPS) is 9.82. The Bertz CT molecular complexity index is 689. The van der Waals surface area contributed by atoms with Gasteiger partial charge in [-0.3, -0.25) is 0 Å². The van der Waals surface area contributed by atoms with Gasteiger partial charge in [-0.15, -0.1) is 11.3 Å². The molecule has 3 rings (SSSR count). The molecule has 0 saturated carbocycles. The van der Waals surface area contributed by atoms with Crippen LogP contribution in [0.15, 0.2) is 69.1 Å². The zero-order valence-corrected chi connectivity index (χ0v) is 15.3. The van der Waals surface area contributed by atoms with Crippen LogP contribution in [0.25, 0.3) is 10.6 Å². The van der Waals surface area contributed by atoms with Crippen molar-refractivity contribution in [3.8, 4) is 10.6 Å². The van der Waals surface area contributed by atoms with Crippen LogP contribution in [-0.4, -0.2) is 22.2 Å². The minimum Gasteiger partial charge on any atom is -0.423 e. The smallest absolute Gasteiger partial charge is 0.423 e. The van der Waals surface area contributed by atoms with E-state index in [1.54, 1.807) is 35.6 Å². The summed E-state index contributed by atoms with van der Waals surface area (Å²) in [6, 6.07) is 15.0. The maximum Gasteiger partial charge on any atom is 0.488 e. The van der Waals surface area contributed by atoms with Crippen LogP contribution in [0.5, 0.6) is 0 Å². The predicted molar refractivity (Wildman–Crippen MR) is 99.2 cm³/mol. The van der Waals surface area contributed by atoms with Gasteiger partial charge in [0.25, 0.3) is 0 Å². The molecule has 7 heteroatoms. The summed E-state index contributed by atoms with van der Waals surface area (Å²) in [5.74, 6) is 0. The standard InChI is InChI=1S/C9H6BrNS.C6H6BBrO2/c10-8-3-1-7(2-4-8)9-11-5-6-12-9;8-6-3-1-5(2-4-6)7(9)10/h1-6H;1-4,9-10H. The van der Waals surface area contributed by atoms with Gasteiger partial charge in [-0.2, -0.15) is 0 Å². The molecule has 0 spiro atoms. The van der Waals surface area contributed by atoms with Gasteiger partial charge in [0.05, 0.1) is 0 Å². The number of nitrogens with zero attached hydrogens (tertiary/aromatic N) is 1. The van der Waals surface area contributed by atoms with Gasteiger partial charge in [0.1, 0.15) is 5.01 Å². The minimum atomic E-state index is -1.37. The first kappa shape index (κ1) is 17.4. The van der Waals surface area contributed by atoms with Crippen LogP contribution in [0.2, 0.25) is 0 Å². The number of rotatable bonds is 2. The van der Waals surface area contributed by atoms with Crippen LogP contribution >= 0.6 is 43.2 Å². The molecule has 3 aromatic rings. The summed E-state index contributed by atoms with van der Waals surface area (Å²) in [6.07, 6.45) is 1.82. The van der Waals surface area contributed by atoms with E-state index in [2.05, 4.69) is 49.0 Å². The number of aromatic nitrogens is 1. The third-order valence-corrected chi connectivity index (χ3v) is 4.57. The first-order chi connectivity index (χ1) is 10.6. The van der Waals surface area contributed by atoms with Crippen molar-refractivity contribution in [3.05, 3.63) is 69.1 Å². The highest BCUT2D eigenvalue weighted by atomic mass is 79.9. The summed E-state index contributed by atoms with van der Waals surface area (Å²) < 4.78 is 2.03. The topological polar surface area (TPSA) is 53.4 Å². The second-order valence-corrected chi connectivity index (χ2v) is 7.00. The first-order valence-electron chi connectivity index (χ1n) is 6.33. The quantitative estimate of drug-likeness (QED) is 0.597. The van der Waals surface area contributed by atoms with Crippen molar-refractivity contribution < 1.29 is 10.0 Å². The molecule has 22 heavy (non-hydrogen) atoms. The fourth-order valence-corrected chi connectivity index (χ4v) is 2.77. The van der Waals surface area contributed by atoms with Crippen molar-refractivity contribution >= 4 is 55.8 Å². The van der Waals surface area contributed by atoms with Gasteiger partial charge in [0.2, 0.25) is 0 Å². The number of hydrogen-bond acceptors (Lipinski definition) is 4. The highest BCUT2D eigenvalue weighted by Gasteiger charge is 2.08. The number of hydrogen-bond donors (Lipinski definition) is 2. The lowest BCUT2D eigenvalue weighted by Gasteiger charge is -1.96. The van der Waals surface area contributed by atoms with Crippen molar-refractivity contribution in [2.24, 2.45) is 0 Å².